The molecule has 5 heteroatoms. The molecule has 0 aliphatic carbocycles. The number of likely N-dealkylation sites (tertiary alicyclic amines) is 1. The highest BCUT2D eigenvalue weighted by molar-refractivity contribution is 5.92. The number of aromatic nitrogens is 2. The summed E-state index contributed by atoms with van der Waals surface area (Å²) >= 11 is 0. The Hall–Kier alpha value is -2.43. The van der Waals surface area contributed by atoms with E-state index < -0.39 is 0 Å². The van der Waals surface area contributed by atoms with Crippen molar-refractivity contribution in [1.82, 2.24) is 14.9 Å². The van der Waals surface area contributed by atoms with Gasteiger partial charge in [0.2, 0.25) is 5.95 Å². The van der Waals surface area contributed by atoms with Crippen LogP contribution in [0.4, 0.5) is 5.95 Å². The monoisotopic (exact) mass is 324 g/mol. The number of rotatable bonds is 4. The molecule has 126 valence electrons. The van der Waals surface area contributed by atoms with Crippen LogP contribution in [0.5, 0.6) is 0 Å². The van der Waals surface area contributed by atoms with E-state index in [1.54, 1.807) is 12.3 Å². The Kier molecular flexibility index (Phi) is 5.08. The van der Waals surface area contributed by atoms with Gasteiger partial charge < -0.3 is 10.2 Å². The van der Waals surface area contributed by atoms with Crippen molar-refractivity contribution in [2.45, 2.75) is 33.2 Å². The fraction of sp³-hybridized carbons (Fsp3) is 0.421. The molecule has 24 heavy (non-hydrogen) atoms. The van der Waals surface area contributed by atoms with E-state index in [1.165, 1.54) is 11.1 Å². The van der Waals surface area contributed by atoms with Crippen molar-refractivity contribution in [3.05, 3.63) is 53.3 Å². The molecule has 0 unspecified atom stereocenters. The first-order valence-electron chi connectivity index (χ1n) is 8.54. The minimum Gasteiger partial charge on any atom is -0.350 e. The molecule has 1 aliphatic heterocycles. The lowest BCUT2D eigenvalue weighted by molar-refractivity contribution is 0.0691. The molecule has 3 rings (SSSR count). The van der Waals surface area contributed by atoms with Crippen LogP contribution in [0.1, 0.15) is 41.4 Å². The van der Waals surface area contributed by atoms with E-state index in [-0.39, 0.29) is 5.91 Å². The van der Waals surface area contributed by atoms with Gasteiger partial charge in [0, 0.05) is 25.8 Å². The molecule has 1 aromatic heterocycles. The summed E-state index contributed by atoms with van der Waals surface area (Å²) < 4.78 is 0. The average molecular weight is 324 g/mol. The van der Waals surface area contributed by atoms with Crippen molar-refractivity contribution in [2.75, 3.05) is 18.4 Å². The number of benzene rings is 1. The number of amides is 1. The normalized spacial score (nSPS) is 15.3. The molecule has 5 nitrogen and oxygen atoms in total. The van der Waals surface area contributed by atoms with Gasteiger partial charge >= 0.3 is 0 Å². The number of carbonyl (C=O) groups is 1. The minimum absolute atomic E-state index is 0.00300. The van der Waals surface area contributed by atoms with Gasteiger partial charge in [0.05, 0.1) is 0 Å². The number of hydrogen-bond donors (Lipinski definition) is 1. The highest BCUT2D eigenvalue weighted by atomic mass is 16.2. The summed E-state index contributed by atoms with van der Waals surface area (Å²) in [6.45, 7) is 6.59. The molecule has 0 spiro atoms. The van der Waals surface area contributed by atoms with E-state index in [9.17, 15) is 4.79 Å². The molecular formula is C19H24N4O. The van der Waals surface area contributed by atoms with Crippen LogP contribution in [0, 0.1) is 12.8 Å². The molecule has 1 aliphatic rings. The van der Waals surface area contributed by atoms with Gasteiger partial charge in [-0.3, -0.25) is 4.79 Å². The van der Waals surface area contributed by atoms with Gasteiger partial charge in [-0.05, 0) is 42.9 Å². The van der Waals surface area contributed by atoms with E-state index in [0.29, 0.717) is 24.1 Å². The van der Waals surface area contributed by atoms with E-state index in [2.05, 4.69) is 41.3 Å². The van der Waals surface area contributed by atoms with E-state index in [0.717, 1.165) is 25.9 Å². The van der Waals surface area contributed by atoms with Crippen molar-refractivity contribution in [3.63, 3.8) is 0 Å². The van der Waals surface area contributed by atoms with Gasteiger partial charge in [-0.1, -0.05) is 31.2 Å². The maximum absolute atomic E-state index is 12.6. The van der Waals surface area contributed by atoms with Crippen molar-refractivity contribution in [1.29, 1.82) is 0 Å². The number of piperidine rings is 1. The molecule has 2 heterocycles. The Bertz CT molecular complexity index is 708. The Morgan fingerprint density at radius 3 is 2.75 bits per heavy atom. The summed E-state index contributed by atoms with van der Waals surface area (Å²) in [5.74, 6) is 1.20. The molecule has 1 amide bonds. The molecule has 0 saturated carbocycles. The quantitative estimate of drug-likeness (QED) is 0.938. The second-order valence-corrected chi connectivity index (χ2v) is 6.52. The molecule has 1 saturated heterocycles. The minimum atomic E-state index is 0.00300. The lowest BCUT2D eigenvalue weighted by atomic mass is 9.99. The number of anilines is 1. The van der Waals surface area contributed by atoms with Gasteiger partial charge in [0.15, 0.2) is 0 Å². The first-order valence-corrected chi connectivity index (χ1v) is 8.54. The lowest BCUT2D eigenvalue weighted by Gasteiger charge is -2.30. The summed E-state index contributed by atoms with van der Waals surface area (Å²) in [6, 6.07) is 9.89. The molecule has 0 radical (unpaired) electrons. The van der Waals surface area contributed by atoms with Crippen LogP contribution in [0.3, 0.4) is 0 Å². The second-order valence-electron chi connectivity index (χ2n) is 6.52. The van der Waals surface area contributed by atoms with Crippen LogP contribution in [-0.2, 0) is 6.54 Å². The second kappa shape index (κ2) is 7.43. The summed E-state index contributed by atoms with van der Waals surface area (Å²) in [4.78, 5) is 23.1. The maximum Gasteiger partial charge on any atom is 0.272 e. The third-order valence-corrected chi connectivity index (χ3v) is 4.64. The van der Waals surface area contributed by atoms with Gasteiger partial charge in [-0.25, -0.2) is 9.97 Å². The largest absolute Gasteiger partial charge is 0.350 e. The van der Waals surface area contributed by atoms with Crippen LogP contribution in [0.15, 0.2) is 36.5 Å². The van der Waals surface area contributed by atoms with Crippen molar-refractivity contribution in [3.8, 4) is 0 Å². The number of nitrogens with zero attached hydrogens (tertiary/aromatic N) is 3. The highest BCUT2D eigenvalue weighted by Crippen LogP contribution is 2.18. The topological polar surface area (TPSA) is 58.1 Å². The molecule has 0 bridgehead atoms. The number of aryl methyl sites for hydroxylation is 1. The molecule has 1 N–H and O–H groups in total. The van der Waals surface area contributed by atoms with Crippen molar-refractivity contribution < 1.29 is 4.79 Å². The molecule has 1 aromatic carbocycles. The number of hydrogen-bond acceptors (Lipinski definition) is 4. The number of carbonyl (C=O) groups excluding carboxylic acids is 1. The van der Waals surface area contributed by atoms with E-state index in [4.69, 9.17) is 0 Å². The zero-order chi connectivity index (χ0) is 16.9. The summed E-state index contributed by atoms with van der Waals surface area (Å²) in [6.07, 6.45) is 3.78. The Morgan fingerprint density at radius 2 is 2.00 bits per heavy atom. The fourth-order valence-electron chi connectivity index (χ4n) is 2.92. The van der Waals surface area contributed by atoms with Crippen LogP contribution in [-0.4, -0.2) is 33.9 Å². The number of nitrogens with one attached hydrogen (secondary N) is 1. The third-order valence-electron chi connectivity index (χ3n) is 4.64. The standard InChI is InChI=1S/C19H24N4O/c1-14-8-11-23(12-9-14)18(24)17-7-10-20-19(22-17)21-13-16-6-4-3-5-15(16)2/h3-7,10,14H,8-9,11-13H2,1-2H3,(H,20,21,22). The SMILES string of the molecule is Cc1ccccc1CNc1nccc(C(=O)N2CCC(C)CC2)n1. The van der Waals surface area contributed by atoms with Crippen LogP contribution < -0.4 is 5.32 Å². The first kappa shape index (κ1) is 16.4. The highest BCUT2D eigenvalue weighted by Gasteiger charge is 2.22. The van der Waals surface area contributed by atoms with Crippen LogP contribution in [0.2, 0.25) is 0 Å². The first-order chi connectivity index (χ1) is 11.6. The molecular weight excluding hydrogens is 300 g/mol. The summed E-state index contributed by atoms with van der Waals surface area (Å²) in [5.41, 5.74) is 2.88. The third kappa shape index (κ3) is 3.91. The van der Waals surface area contributed by atoms with E-state index >= 15 is 0 Å². The van der Waals surface area contributed by atoms with Gasteiger partial charge in [-0.15, -0.1) is 0 Å². The Morgan fingerprint density at radius 1 is 1.25 bits per heavy atom. The predicted molar refractivity (Wildman–Crippen MR) is 94.8 cm³/mol. The van der Waals surface area contributed by atoms with Crippen LogP contribution in [0.25, 0.3) is 0 Å². The molecule has 1 fully saturated rings. The smallest absolute Gasteiger partial charge is 0.272 e. The fourth-order valence-corrected chi connectivity index (χ4v) is 2.92. The average Bonchev–Trinajstić information content (AvgIpc) is 2.61. The van der Waals surface area contributed by atoms with Gasteiger partial charge in [0.1, 0.15) is 5.69 Å². The summed E-state index contributed by atoms with van der Waals surface area (Å²) in [5, 5.41) is 3.21. The maximum atomic E-state index is 12.6. The van der Waals surface area contributed by atoms with Gasteiger partial charge in [-0.2, -0.15) is 0 Å². The Balaban J connectivity index is 1.65. The molecule has 2 aromatic rings. The zero-order valence-electron chi connectivity index (χ0n) is 14.3. The van der Waals surface area contributed by atoms with Crippen molar-refractivity contribution in [2.24, 2.45) is 5.92 Å². The zero-order valence-corrected chi connectivity index (χ0v) is 14.3. The lowest BCUT2D eigenvalue weighted by Crippen LogP contribution is -2.38. The summed E-state index contributed by atoms with van der Waals surface area (Å²) in [7, 11) is 0. The van der Waals surface area contributed by atoms with E-state index in [1.807, 2.05) is 17.0 Å². The van der Waals surface area contributed by atoms with Crippen LogP contribution >= 0.6 is 0 Å². The van der Waals surface area contributed by atoms with Gasteiger partial charge in [0.25, 0.3) is 5.91 Å². The predicted octanol–water partition coefficient (Wildman–Crippen LogP) is 3.27. The molecule has 0 atom stereocenters. The van der Waals surface area contributed by atoms with Crippen molar-refractivity contribution >= 4 is 11.9 Å². The Labute approximate surface area is 143 Å².